The number of thioether (sulfide) groups is 1. The molecule has 3 unspecified atom stereocenters. The Labute approximate surface area is 199 Å². The van der Waals surface area contributed by atoms with Crippen molar-refractivity contribution in [3.05, 3.63) is 22.3 Å². The largest absolute Gasteiger partial charge is 0.543 e. The lowest BCUT2D eigenvalue weighted by Gasteiger charge is -2.51. The van der Waals surface area contributed by atoms with Crippen LogP contribution in [0.5, 0.6) is 0 Å². The Bertz CT molecular complexity index is 1060. The number of hydrogen-bond donors (Lipinski definition) is 2. The molecule has 1 aromatic heterocycles. The monoisotopic (exact) mass is 494 g/mol. The summed E-state index contributed by atoms with van der Waals surface area (Å²) in [7, 11) is 3.41. The maximum atomic E-state index is 13.0. The van der Waals surface area contributed by atoms with Crippen molar-refractivity contribution in [2.24, 2.45) is 5.16 Å². The molecule has 0 aliphatic carbocycles. The van der Waals surface area contributed by atoms with E-state index in [0.717, 1.165) is 35.2 Å². The number of nitrogen functional groups attached to an aromatic ring is 1. The lowest BCUT2D eigenvalue weighted by molar-refractivity contribution is -0.914. The van der Waals surface area contributed by atoms with Gasteiger partial charge in [-0.25, -0.2) is 4.98 Å². The van der Waals surface area contributed by atoms with Crippen molar-refractivity contribution in [2.45, 2.75) is 37.2 Å². The molecule has 3 aliphatic heterocycles. The number of nitrogens with one attached hydrogen (secondary N) is 1. The summed E-state index contributed by atoms with van der Waals surface area (Å²) in [5, 5.41) is 19.7. The average Bonchev–Trinajstić information content (AvgIpc) is 3.34. The first kappa shape index (κ1) is 23.5. The van der Waals surface area contributed by atoms with Crippen LogP contribution in [0, 0.1) is 0 Å². The SMILES string of the molecule is CO/N=C(\C(=O)NC1C(=O)N2C(C(=O)[O-])=C(C[N+]3(C)CCCC3C)CS[C@H]12)c1csc(N)n1. The van der Waals surface area contributed by atoms with E-state index in [0.29, 0.717) is 23.9 Å². The Morgan fingerprint density at radius 3 is 2.82 bits per heavy atom. The highest BCUT2D eigenvalue weighted by Gasteiger charge is 2.54. The summed E-state index contributed by atoms with van der Waals surface area (Å²) in [5.74, 6) is -2.07. The summed E-state index contributed by atoms with van der Waals surface area (Å²) >= 11 is 2.57. The first-order valence-corrected chi connectivity index (χ1v) is 12.4. The molecule has 13 heteroatoms. The highest BCUT2D eigenvalue weighted by molar-refractivity contribution is 8.00. The van der Waals surface area contributed by atoms with E-state index >= 15 is 0 Å². The fourth-order valence-electron chi connectivity index (χ4n) is 4.65. The molecule has 0 radical (unpaired) electrons. The van der Waals surface area contributed by atoms with Gasteiger partial charge in [0.05, 0.1) is 31.3 Å². The minimum absolute atomic E-state index is 0.0641. The molecule has 0 spiro atoms. The van der Waals surface area contributed by atoms with Crippen molar-refractivity contribution in [2.75, 3.05) is 38.7 Å². The summed E-state index contributed by atoms with van der Waals surface area (Å²) < 4.78 is 0.743. The van der Waals surface area contributed by atoms with E-state index in [4.69, 9.17) is 10.6 Å². The second-order valence-corrected chi connectivity index (χ2v) is 10.6. The van der Waals surface area contributed by atoms with Crippen LogP contribution in [0.15, 0.2) is 21.8 Å². The van der Waals surface area contributed by atoms with Crippen LogP contribution in [0.25, 0.3) is 0 Å². The smallest absolute Gasteiger partial charge is 0.276 e. The molecule has 0 aromatic carbocycles. The highest BCUT2D eigenvalue weighted by Crippen LogP contribution is 2.41. The van der Waals surface area contributed by atoms with Crippen LogP contribution >= 0.6 is 23.1 Å². The number of carboxylic acid groups (broad SMARTS) is 1. The maximum absolute atomic E-state index is 13.0. The number of nitrogens with two attached hydrogens (primary N) is 1. The number of hydrogen-bond acceptors (Lipinski definition) is 10. The van der Waals surface area contributed by atoms with E-state index in [1.54, 1.807) is 5.38 Å². The molecular weight excluding hydrogens is 468 g/mol. The number of aliphatic carboxylic acids is 1. The van der Waals surface area contributed by atoms with Crippen LogP contribution < -0.4 is 16.2 Å². The number of likely N-dealkylation sites (tertiary alicyclic amines) is 1. The van der Waals surface area contributed by atoms with E-state index in [1.807, 2.05) is 0 Å². The molecule has 1 aromatic rings. The van der Waals surface area contributed by atoms with Crippen molar-refractivity contribution in [3.63, 3.8) is 0 Å². The van der Waals surface area contributed by atoms with E-state index in [2.05, 4.69) is 29.4 Å². The second kappa shape index (κ2) is 8.95. The van der Waals surface area contributed by atoms with Crippen molar-refractivity contribution >= 4 is 51.7 Å². The molecule has 0 saturated carbocycles. The fraction of sp³-hybridized carbons (Fsp3) is 0.550. The Morgan fingerprint density at radius 1 is 1.48 bits per heavy atom. The zero-order valence-corrected chi connectivity index (χ0v) is 20.2. The first-order chi connectivity index (χ1) is 15.7. The molecular formula is C20H26N6O5S2. The second-order valence-electron chi connectivity index (χ2n) is 8.65. The molecule has 2 saturated heterocycles. The standard InChI is InChI=1S/C20H26N6O5S2/c1-10-5-4-6-26(10,2)7-11-8-32-18-14(17(28)25(18)15(11)19(29)30)23-16(27)13(24-31-3)12-9-33-20(21)22-12/h9-10,14,18H,4-8H2,1-3H3,(H3-,21,22,23,27,29,30)/b24-13-/t10?,14?,18-,26?/m1/s1. The van der Waals surface area contributed by atoms with Gasteiger partial charge >= 0.3 is 0 Å². The third-order valence-electron chi connectivity index (χ3n) is 6.60. The molecule has 0 bridgehead atoms. The quantitative estimate of drug-likeness (QED) is 0.214. The molecule has 178 valence electrons. The number of nitrogens with zero attached hydrogens (tertiary/aromatic N) is 4. The lowest BCUT2D eigenvalue weighted by atomic mass is 10.0. The van der Waals surface area contributed by atoms with E-state index in [-0.39, 0.29) is 22.2 Å². The van der Waals surface area contributed by atoms with Crippen LogP contribution in [0.2, 0.25) is 0 Å². The zero-order chi connectivity index (χ0) is 23.9. The maximum Gasteiger partial charge on any atom is 0.276 e. The zero-order valence-electron chi connectivity index (χ0n) is 18.6. The third kappa shape index (κ3) is 4.20. The minimum atomic E-state index is -1.37. The number of anilines is 1. The fourth-order valence-corrected chi connectivity index (χ4v) is 6.53. The molecule has 4 atom stereocenters. The molecule has 4 heterocycles. The van der Waals surface area contributed by atoms with Crippen LogP contribution in [0.3, 0.4) is 0 Å². The normalized spacial score (nSPS) is 29.5. The van der Waals surface area contributed by atoms with Gasteiger partial charge in [0.25, 0.3) is 11.8 Å². The number of oxime groups is 1. The number of β-lactam (4-membered cyclic amide) rings is 1. The van der Waals surface area contributed by atoms with E-state index in [9.17, 15) is 19.5 Å². The third-order valence-corrected chi connectivity index (χ3v) is 8.61. The molecule has 3 aliphatic rings. The Balaban J connectivity index is 1.53. The molecule has 2 fully saturated rings. The van der Waals surface area contributed by atoms with Gasteiger partial charge in [-0.15, -0.1) is 23.1 Å². The van der Waals surface area contributed by atoms with Crippen LogP contribution in [-0.2, 0) is 19.2 Å². The number of amides is 2. The van der Waals surface area contributed by atoms with Crippen molar-refractivity contribution in [3.8, 4) is 0 Å². The van der Waals surface area contributed by atoms with E-state index < -0.39 is 29.2 Å². The number of likely N-dealkylation sites (N-methyl/N-ethyl adjacent to an activating group) is 1. The summed E-state index contributed by atoms with van der Waals surface area (Å²) in [4.78, 5) is 47.9. The molecule has 33 heavy (non-hydrogen) atoms. The van der Waals surface area contributed by atoms with Gasteiger partial charge in [0.1, 0.15) is 30.8 Å². The van der Waals surface area contributed by atoms with Crippen LogP contribution in [-0.4, -0.2) is 88.3 Å². The lowest BCUT2D eigenvalue weighted by Crippen LogP contribution is -2.72. The average molecular weight is 495 g/mol. The van der Waals surface area contributed by atoms with Crippen molar-refractivity contribution < 1.29 is 28.8 Å². The molecule has 4 rings (SSSR count). The van der Waals surface area contributed by atoms with Gasteiger partial charge in [0.15, 0.2) is 10.8 Å². The number of carbonyl (C=O) groups excluding carboxylic acids is 3. The number of carbonyl (C=O) groups is 3. The summed E-state index contributed by atoms with van der Waals surface area (Å²) in [6.45, 7) is 3.69. The molecule has 3 N–H and O–H groups in total. The minimum Gasteiger partial charge on any atom is -0.543 e. The number of fused-ring (bicyclic) bond motifs is 1. The molecule has 2 amide bonds. The highest BCUT2D eigenvalue weighted by atomic mass is 32.2. The van der Waals surface area contributed by atoms with E-state index in [1.165, 1.54) is 23.8 Å². The van der Waals surface area contributed by atoms with Gasteiger partial charge < -0.3 is 30.3 Å². The number of quaternary nitrogens is 1. The summed E-state index contributed by atoms with van der Waals surface area (Å²) in [6, 6.07) is -0.479. The number of carboxylic acids is 1. The summed E-state index contributed by atoms with van der Waals surface area (Å²) in [6.07, 6.45) is 2.18. The molecule has 11 nitrogen and oxygen atoms in total. The van der Waals surface area contributed by atoms with Gasteiger partial charge in [0.2, 0.25) is 0 Å². The van der Waals surface area contributed by atoms with Gasteiger partial charge in [-0.3, -0.25) is 14.5 Å². The number of thiazole rings is 1. The van der Waals surface area contributed by atoms with Crippen LogP contribution in [0.1, 0.15) is 25.5 Å². The predicted octanol–water partition coefficient (Wildman–Crippen LogP) is -0.891. The summed E-state index contributed by atoms with van der Waals surface area (Å²) in [5.41, 5.74) is 6.39. The number of rotatable bonds is 7. The topological polar surface area (TPSA) is 150 Å². The van der Waals surface area contributed by atoms with Crippen molar-refractivity contribution in [1.82, 2.24) is 15.2 Å². The predicted molar refractivity (Wildman–Crippen MR) is 122 cm³/mol. The Hall–Kier alpha value is -2.64. The Kier molecular flexibility index (Phi) is 6.38. The van der Waals surface area contributed by atoms with Gasteiger partial charge in [-0.2, -0.15) is 0 Å². The van der Waals surface area contributed by atoms with Gasteiger partial charge in [-0.1, -0.05) is 5.16 Å². The Morgan fingerprint density at radius 2 is 2.24 bits per heavy atom. The van der Waals surface area contributed by atoms with Crippen LogP contribution in [0.4, 0.5) is 5.13 Å². The van der Waals surface area contributed by atoms with Gasteiger partial charge in [0, 0.05) is 29.5 Å². The van der Waals surface area contributed by atoms with Crippen molar-refractivity contribution in [1.29, 1.82) is 0 Å². The number of aromatic nitrogens is 1. The van der Waals surface area contributed by atoms with Gasteiger partial charge in [-0.05, 0) is 6.92 Å². The first-order valence-electron chi connectivity index (χ1n) is 10.5.